The van der Waals surface area contributed by atoms with Gasteiger partial charge in [0.15, 0.2) is 11.2 Å². The van der Waals surface area contributed by atoms with Crippen LogP contribution < -0.4 is 11.2 Å². The van der Waals surface area contributed by atoms with E-state index in [9.17, 15) is 9.59 Å². The van der Waals surface area contributed by atoms with Crippen molar-refractivity contribution >= 4 is 16.9 Å². The number of aromatic nitrogens is 5. The summed E-state index contributed by atoms with van der Waals surface area (Å²) in [4.78, 5) is 30.4. The highest BCUT2D eigenvalue weighted by molar-refractivity contribution is 5.76. The molecule has 0 bridgehead atoms. The van der Waals surface area contributed by atoms with Gasteiger partial charge in [-0.25, -0.2) is 4.79 Å². The smallest absolute Gasteiger partial charge is 0.314 e. The average molecular weight is 261 g/mol. The lowest BCUT2D eigenvalue weighted by molar-refractivity contribution is 0.754. The van der Waals surface area contributed by atoms with Gasteiger partial charge < -0.3 is 4.57 Å². The van der Waals surface area contributed by atoms with Gasteiger partial charge in [0.2, 0.25) is 5.78 Å². The van der Waals surface area contributed by atoms with Crippen molar-refractivity contribution in [3.63, 3.8) is 0 Å². The molecule has 3 aromatic rings. The van der Waals surface area contributed by atoms with Crippen LogP contribution in [0.15, 0.2) is 9.59 Å². The highest BCUT2D eigenvalue weighted by Crippen LogP contribution is 2.19. The lowest BCUT2D eigenvalue weighted by atomic mass is 10.3. The van der Waals surface area contributed by atoms with Crippen LogP contribution in [-0.2, 0) is 13.6 Å². The molecule has 0 aliphatic heterocycles. The molecule has 0 aliphatic rings. The van der Waals surface area contributed by atoms with Crippen molar-refractivity contribution in [2.75, 3.05) is 0 Å². The van der Waals surface area contributed by atoms with Gasteiger partial charge in [-0.1, -0.05) is 0 Å². The first-order chi connectivity index (χ1) is 8.97. The highest BCUT2D eigenvalue weighted by atomic mass is 16.2. The molecule has 19 heavy (non-hydrogen) atoms. The maximum atomic E-state index is 12.0. The number of imidazole rings is 2. The topological polar surface area (TPSA) is 77.1 Å². The Bertz CT molecular complexity index is 922. The second kappa shape index (κ2) is 3.59. The van der Waals surface area contributed by atoms with E-state index in [4.69, 9.17) is 0 Å². The second-order valence-corrected chi connectivity index (χ2v) is 4.65. The quantitative estimate of drug-likeness (QED) is 0.685. The zero-order chi connectivity index (χ0) is 13.9. The first kappa shape index (κ1) is 11.8. The summed E-state index contributed by atoms with van der Waals surface area (Å²) < 4.78 is 5.20. The molecule has 7 heteroatoms. The van der Waals surface area contributed by atoms with E-state index >= 15 is 0 Å². The minimum absolute atomic E-state index is 0.401. The van der Waals surface area contributed by atoms with E-state index < -0.39 is 11.2 Å². The standard InChI is InChI=1S/C12H15N5O2/c1-5-16-6(2)7(3)17-8-9(13-11(16)17)15(4)12(19)14-10(8)18/h5H2,1-4H3,(H,14,18,19). The molecule has 3 heterocycles. The van der Waals surface area contributed by atoms with Crippen LogP contribution in [-0.4, -0.2) is 23.5 Å². The van der Waals surface area contributed by atoms with Crippen LogP contribution in [0.5, 0.6) is 0 Å². The Morgan fingerprint density at radius 1 is 1.21 bits per heavy atom. The number of nitrogens with zero attached hydrogens (tertiary/aromatic N) is 4. The Hall–Kier alpha value is -2.31. The van der Waals surface area contributed by atoms with Gasteiger partial charge in [0.05, 0.1) is 0 Å². The number of nitrogens with one attached hydrogen (secondary N) is 1. The van der Waals surface area contributed by atoms with Crippen LogP contribution in [0.4, 0.5) is 0 Å². The molecule has 0 aliphatic carbocycles. The SMILES string of the molecule is CCn1c(C)c(C)n2c3c(=O)[nH]c(=O)n(C)c3nc12. The van der Waals surface area contributed by atoms with Crippen LogP contribution in [0.1, 0.15) is 18.3 Å². The fourth-order valence-corrected chi connectivity index (χ4v) is 2.56. The molecule has 0 saturated heterocycles. The Morgan fingerprint density at radius 3 is 2.53 bits per heavy atom. The number of fused-ring (bicyclic) bond motifs is 3. The van der Waals surface area contributed by atoms with Crippen LogP contribution in [0.3, 0.4) is 0 Å². The van der Waals surface area contributed by atoms with E-state index in [0.717, 1.165) is 17.9 Å². The predicted octanol–water partition coefficient (Wildman–Crippen LogP) is 0.313. The van der Waals surface area contributed by atoms with Gasteiger partial charge in [0, 0.05) is 25.0 Å². The second-order valence-electron chi connectivity index (χ2n) is 4.65. The summed E-state index contributed by atoms with van der Waals surface area (Å²) in [5.74, 6) is 0.694. The van der Waals surface area contributed by atoms with E-state index in [1.165, 1.54) is 4.57 Å². The van der Waals surface area contributed by atoms with Gasteiger partial charge in [-0.05, 0) is 20.8 Å². The summed E-state index contributed by atoms with van der Waals surface area (Å²) in [6, 6.07) is 0. The number of hydrogen-bond acceptors (Lipinski definition) is 3. The molecule has 100 valence electrons. The van der Waals surface area contributed by atoms with Gasteiger partial charge in [0.25, 0.3) is 5.56 Å². The third kappa shape index (κ3) is 1.29. The molecule has 0 unspecified atom stereocenters. The van der Waals surface area contributed by atoms with Gasteiger partial charge in [0.1, 0.15) is 0 Å². The normalized spacial score (nSPS) is 11.8. The molecule has 0 radical (unpaired) electrons. The van der Waals surface area contributed by atoms with Crippen molar-refractivity contribution < 1.29 is 0 Å². The third-order valence-electron chi connectivity index (χ3n) is 3.72. The number of hydrogen-bond donors (Lipinski definition) is 1. The fraction of sp³-hybridized carbons (Fsp3) is 0.417. The zero-order valence-corrected chi connectivity index (χ0v) is 11.3. The molecule has 0 amide bonds. The Kier molecular flexibility index (Phi) is 2.23. The average Bonchev–Trinajstić information content (AvgIpc) is 2.85. The highest BCUT2D eigenvalue weighted by Gasteiger charge is 2.19. The zero-order valence-electron chi connectivity index (χ0n) is 11.3. The van der Waals surface area contributed by atoms with E-state index in [1.54, 1.807) is 7.05 Å². The summed E-state index contributed by atoms with van der Waals surface area (Å²) in [7, 11) is 1.60. The van der Waals surface area contributed by atoms with E-state index in [1.807, 2.05) is 29.7 Å². The van der Waals surface area contributed by atoms with Gasteiger partial charge >= 0.3 is 5.69 Å². The Labute approximate surface area is 108 Å². The first-order valence-corrected chi connectivity index (χ1v) is 6.14. The molecule has 0 saturated carbocycles. The number of aryl methyl sites for hydroxylation is 3. The van der Waals surface area contributed by atoms with Crippen molar-refractivity contribution in [1.82, 2.24) is 23.5 Å². The van der Waals surface area contributed by atoms with Crippen molar-refractivity contribution in [2.45, 2.75) is 27.3 Å². The summed E-state index contributed by atoms with van der Waals surface area (Å²) in [5.41, 5.74) is 2.01. The molecule has 1 N–H and O–H groups in total. The number of H-pyrrole nitrogens is 1. The van der Waals surface area contributed by atoms with Gasteiger partial charge in [-0.3, -0.25) is 18.7 Å². The van der Waals surface area contributed by atoms with E-state index in [0.29, 0.717) is 16.9 Å². The predicted molar refractivity (Wildman–Crippen MR) is 71.7 cm³/mol. The van der Waals surface area contributed by atoms with E-state index in [-0.39, 0.29) is 0 Å². The van der Waals surface area contributed by atoms with Crippen molar-refractivity contribution in [1.29, 1.82) is 0 Å². The largest absolute Gasteiger partial charge is 0.329 e. The molecule has 0 spiro atoms. The summed E-state index contributed by atoms with van der Waals surface area (Å²) in [5, 5.41) is 0. The molecule has 0 fully saturated rings. The summed E-state index contributed by atoms with van der Waals surface area (Å²) in [6.07, 6.45) is 0. The maximum absolute atomic E-state index is 12.0. The molecule has 0 atom stereocenters. The summed E-state index contributed by atoms with van der Waals surface area (Å²) >= 11 is 0. The molecule has 7 nitrogen and oxygen atoms in total. The lowest BCUT2D eigenvalue weighted by Gasteiger charge is -2.01. The molecular formula is C12H15N5O2. The fourth-order valence-electron chi connectivity index (χ4n) is 2.56. The van der Waals surface area contributed by atoms with E-state index in [2.05, 4.69) is 9.97 Å². The lowest BCUT2D eigenvalue weighted by Crippen LogP contribution is -2.28. The van der Waals surface area contributed by atoms with Gasteiger partial charge in [-0.2, -0.15) is 4.98 Å². The van der Waals surface area contributed by atoms with Crippen molar-refractivity contribution in [3.05, 3.63) is 32.2 Å². The van der Waals surface area contributed by atoms with Crippen LogP contribution >= 0.6 is 0 Å². The number of aromatic amines is 1. The first-order valence-electron chi connectivity index (χ1n) is 6.14. The summed E-state index contributed by atoms with van der Waals surface area (Å²) in [6.45, 7) is 6.73. The monoisotopic (exact) mass is 261 g/mol. The van der Waals surface area contributed by atoms with Crippen LogP contribution in [0, 0.1) is 13.8 Å². The van der Waals surface area contributed by atoms with Crippen LogP contribution in [0.25, 0.3) is 16.9 Å². The van der Waals surface area contributed by atoms with Crippen LogP contribution in [0.2, 0.25) is 0 Å². The van der Waals surface area contributed by atoms with Gasteiger partial charge in [-0.15, -0.1) is 0 Å². The minimum Gasteiger partial charge on any atom is -0.314 e. The van der Waals surface area contributed by atoms with Crippen molar-refractivity contribution in [2.24, 2.45) is 7.05 Å². The Balaban J connectivity index is 2.71. The maximum Gasteiger partial charge on any atom is 0.329 e. The minimum atomic E-state index is -0.448. The molecular weight excluding hydrogens is 246 g/mol. The number of rotatable bonds is 1. The van der Waals surface area contributed by atoms with Crippen molar-refractivity contribution in [3.8, 4) is 0 Å². The third-order valence-corrected chi connectivity index (χ3v) is 3.72. The molecule has 3 aromatic heterocycles. The molecule has 0 aromatic carbocycles. The Morgan fingerprint density at radius 2 is 1.89 bits per heavy atom. The molecule has 3 rings (SSSR count).